The smallest absolute Gasteiger partial charge is 0.322 e. The van der Waals surface area contributed by atoms with E-state index in [0.717, 1.165) is 6.07 Å². The molecule has 0 aliphatic carbocycles. The largest absolute Gasteiger partial charge is 0.416 e. The number of benzene rings is 1. The highest BCUT2D eigenvalue weighted by Crippen LogP contribution is 2.33. The minimum atomic E-state index is -4.48. The number of halogens is 5. The molecule has 0 bridgehead atoms. The van der Waals surface area contributed by atoms with Crippen LogP contribution in [-0.4, -0.2) is 6.67 Å². The third-order valence-electron chi connectivity index (χ3n) is 1.83. The molecule has 0 unspecified atom stereocenters. The molecule has 0 saturated heterocycles. The van der Waals surface area contributed by atoms with Gasteiger partial charge in [-0.2, -0.15) is 13.2 Å². The standard InChI is InChI=1S/C9H9F4N.ClH/c10-5-8(14)6-3-1-2-4-7(6)9(11,12)13;/h1-4,8H,5,14H2;1H/t8-;/m0./s1. The van der Waals surface area contributed by atoms with E-state index in [9.17, 15) is 17.6 Å². The normalized spacial score (nSPS) is 13.1. The molecule has 0 saturated carbocycles. The average molecular weight is 244 g/mol. The third kappa shape index (κ3) is 3.35. The van der Waals surface area contributed by atoms with Crippen molar-refractivity contribution in [1.29, 1.82) is 0 Å². The van der Waals surface area contributed by atoms with Crippen molar-refractivity contribution in [2.75, 3.05) is 6.67 Å². The minimum Gasteiger partial charge on any atom is -0.322 e. The van der Waals surface area contributed by atoms with Crippen molar-refractivity contribution >= 4 is 12.4 Å². The van der Waals surface area contributed by atoms with Gasteiger partial charge in [-0.25, -0.2) is 4.39 Å². The Hall–Kier alpha value is -0.810. The van der Waals surface area contributed by atoms with Gasteiger partial charge in [0.25, 0.3) is 0 Å². The first kappa shape index (κ1) is 14.2. The van der Waals surface area contributed by atoms with Crippen LogP contribution in [0.1, 0.15) is 17.2 Å². The zero-order valence-electron chi connectivity index (χ0n) is 7.59. The highest BCUT2D eigenvalue weighted by molar-refractivity contribution is 5.85. The van der Waals surface area contributed by atoms with E-state index in [1.807, 2.05) is 0 Å². The average Bonchev–Trinajstić information content (AvgIpc) is 2.15. The topological polar surface area (TPSA) is 26.0 Å². The van der Waals surface area contributed by atoms with Crippen molar-refractivity contribution in [2.45, 2.75) is 12.2 Å². The summed E-state index contributed by atoms with van der Waals surface area (Å²) in [5, 5.41) is 0. The van der Waals surface area contributed by atoms with Gasteiger partial charge in [0.15, 0.2) is 0 Å². The maximum atomic E-state index is 12.4. The van der Waals surface area contributed by atoms with E-state index < -0.39 is 24.5 Å². The maximum Gasteiger partial charge on any atom is 0.416 e. The molecule has 0 aromatic heterocycles. The van der Waals surface area contributed by atoms with Crippen LogP contribution >= 0.6 is 12.4 Å². The van der Waals surface area contributed by atoms with Gasteiger partial charge in [-0.05, 0) is 11.6 Å². The number of nitrogens with two attached hydrogens (primary N) is 1. The molecule has 15 heavy (non-hydrogen) atoms. The van der Waals surface area contributed by atoms with Crippen LogP contribution in [0.25, 0.3) is 0 Å². The number of alkyl halides is 4. The Morgan fingerprint density at radius 2 is 1.73 bits per heavy atom. The second-order valence-corrected chi connectivity index (χ2v) is 2.85. The zero-order valence-corrected chi connectivity index (χ0v) is 8.41. The van der Waals surface area contributed by atoms with E-state index in [4.69, 9.17) is 5.73 Å². The van der Waals surface area contributed by atoms with E-state index in [0.29, 0.717) is 0 Å². The Morgan fingerprint density at radius 1 is 1.20 bits per heavy atom. The van der Waals surface area contributed by atoms with Crippen molar-refractivity contribution in [1.82, 2.24) is 0 Å². The van der Waals surface area contributed by atoms with Crippen molar-refractivity contribution in [3.05, 3.63) is 35.4 Å². The van der Waals surface area contributed by atoms with E-state index in [1.54, 1.807) is 0 Å². The molecule has 0 radical (unpaired) electrons. The zero-order chi connectivity index (χ0) is 10.8. The van der Waals surface area contributed by atoms with Crippen molar-refractivity contribution in [3.8, 4) is 0 Å². The fourth-order valence-corrected chi connectivity index (χ4v) is 1.16. The molecule has 0 heterocycles. The van der Waals surface area contributed by atoms with Gasteiger partial charge in [-0.15, -0.1) is 12.4 Å². The summed E-state index contributed by atoms with van der Waals surface area (Å²) in [5.41, 5.74) is 4.14. The summed E-state index contributed by atoms with van der Waals surface area (Å²) in [7, 11) is 0. The summed E-state index contributed by atoms with van der Waals surface area (Å²) in [6.45, 7) is -1.01. The minimum absolute atomic E-state index is 0. The van der Waals surface area contributed by atoms with Crippen LogP contribution in [0.5, 0.6) is 0 Å². The lowest BCUT2D eigenvalue weighted by Crippen LogP contribution is -2.18. The van der Waals surface area contributed by atoms with Gasteiger partial charge in [0.2, 0.25) is 0 Å². The van der Waals surface area contributed by atoms with E-state index in [2.05, 4.69) is 0 Å². The SMILES string of the molecule is Cl.N[C@@H](CF)c1ccccc1C(F)(F)F. The lowest BCUT2D eigenvalue weighted by atomic mass is 10.0. The Labute approximate surface area is 90.7 Å². The second kappa shape index (κ2) is 5.32. The molecule has 1 atom stereocenters. The molecular formula is C9H10ClF4N. The van der Waals surface area contributed by atoms with Crippen LogP contribution in [0.4, 0.5) is 17.6 Å². The van der Waals surface area contributed by atoms with Crippen molar-refractivity contribution < 1.29 is 17.6 Å². The van der Waals surface area contributed by atoms with Crippen LogP contribution < -0.4 is 5.73 Å². The molecule has 1 nitrogen and oxygen atoms in total. The monoisotopic (exact) mass is 243 g/mol. The Morgan fingerprint density at radius 3 is 2.20 bits per heavy atom. The third-order valence-corrected chi connectivity index (χ3v) is 1.83. The maximum absolute atomic E-state index is 12.4. The first-order valence-corrected chi connectivity index (χ1v) is 3.94. The van der Waals surface area contributed by atoms with E-state index >= 15 is 0 Å². The summed E-state index contributed by atoms with van der Waals surface area (Å²) in [6.07, 6.45) is -4.48. The van der Waals surface area contributed by atoms with E-state index in [1.165, 1.54) is 18.2 Å². The van der Waals surface area contributed by atoms with Crippen molar-refractivity contribution in [2.24, 2.45) is 5.73 Å². The molecule has 1 aromatic rings. The fourth-order valence-electron chi connectivity index (χ4n) is 1.16. The summed E-state index contributed by atoms with van der Waals surface area (Å²) >= 11 is 0. The number of rotatable bonds is 2. The van der Waals surface area contributed by atoms with Crippen LogP contribution in [-0.2, 0) is 6.18 Å². The van der Waals surface area contributed by atoms with Gasteiger partial charge in [0, 0.05) is 0 Å². The van der Waals surface area contributed by atoms with Crippen LogP contribution in [0.15, 0.2) is 24.3 Å². The Bertz CT molecular complexity index is 313. The molecule has 6 heteroatoms. The quantitative estimate of drug-likeness (QED) is 0.794. The molecule has 0 aliphatic rings. The Kier molecular flexibility index (Phi) is 5.03. The first-order chi connectivity index (χ1) is 6.46. The molecule has 0 spiro atoms. The van der Waals surface area contributed by atoms with Crippen molar-refractivity contribution in [3.63, 3.8) is 0 Å². The molecule has 0 amide bonds. The predicted molar refractivity (Wildman–Crippen MR) is 51.6 cm³/mol. The van der Waals surface area contributed by atoms with Gasteiger partial charge in [-0.3, -0.25) is 0 Å². The Balaban J connectivity index is 0.00000196. The van der Waals surface area contributed by atoms with E-state index in [-0.39, 0.29) is 18.0 Å². The molecule has 1 aromatic carbocycles. The summed E-state index contributed by atoms with van der Waals surface area (Å²) in [6, 6.07) is 3.52. The molecule has 2 N–H and O–H groups in total. The van der Waals surface area contributed by atoms with Gasteiger partial charge in [-0.1, -0.05) is 18.2 Å². The molecule has 0 fully saturated rings. The molecule has 0 aliphatic heterocycles. The highest BCUT2D eigenvalue weighted by Gasteiger charge is 2.34. The highest BCUT2D eigenvalue weighted by atomic mass is 35.5. The molecule has 1 rings (SSSR count). The second-order valence-electron chi connectivity index (χ2n) is 2.85. The van der Waals surface area contributed by atoms with Crippen LogP contribution in [0.3, 0.4) is 0 Å². The van der Waals surface area contributed by atoms with Gasteiger partial charge in [0.1, 0.15) is 6.67 Å². The molecular weight excluding hydrogens is 234 g/mol. The summed E-state index contributed by atoms with van der Waals surface area (Å²) in [4.78, 5) is 0. The summed E-state index contributed by atoms with van der Waals surface area (Å²) < 4.78 is 49.2. The lowest BCUT2D eigenvalue weighted by molar-refractivity contribution is -0.138. The number of hydrogen-bond donors (Lipinski definition) is 1. The first-order valence-electron chi connectivity index (χ1n) is 3.94. The van der Waals surface area contributed by atoms with Crippen LogP contribution in [0.2, 0.25) is 0 Å². The van der Waals surface area contributed by atoms with Gasteiger partial charge >= 0.3 is 6.18 Å². The fraction of sp³-hybridized carbons (Fsp3) is 0.333. The van der Waals surface area contributed by atoms with Crippen LogP contribution in [0, 0.1) is 0 Å². The predicted octanol–water partition coefficient (Wildman–Crippen LogP) is 3.10. The summed E-state index contributed by atoms with van der Waals surface area (Å²) in [5.74, 6) is 0. The van der Waals surface area contributed by atoms with Gasteiger partial charge < -0.3 is 5.73 Å². The van der Waals surface area contributed by atoms with Gasteiger partial charge in [0.05, 0.1) is 11.6 Å². The lowest BCUT2D eigenvalue weighted by Gasteiger charge is -2.15. The number of hydrogen-bond acceptors (Lipinski definition) is 1. The molecule has 86 valence electrons.